The van der Waals surface area contributed by atoms with Gasteiger partial charge >= 0.3 is 6.18 Å². The van der Waals surface area contributed by atoms with Crippen molar-refractivity contribution in [3.63, 3.8) is 0 Å². The summed E-state index contributed by atoms with van der Waals surface area (Å²) in [6.07, 6.45) is -3.56. The van der Waals surface area contributed by atoms with Crippen LogP contribution in [0.2, 0.25) is 0 Å². The zero-order valence-electron chi connectivity index (χ0n) is 22.7. The average Bonchev–Trinajstić information content (AvgIpc) is 3.55. The van der Waals surface area contributed by atoms with Crippen LogP contribution >= 0.6 is 11.3 Å². The lowest BCUT2D eigenvalue weighted by molar-refractivity contribution is -0.168. The minimum atomic E-state index is -4.43. The molecule has 1 aliphatic heterocycles. The number of aliphatic hydroxyl groups is 1. The summed E-state index contributed by atoms with van der Waals surface area (Å²) in [5.74, 6) is -0.284. The number of aryl methyl sites for hydroxylation is 1. The van der Waals surface area contributed by atoms with Crippen molar-refractivity contribution in [1.29, 1.82) is 0 Å². The Morgan fingerprint density at radius 2 is 1.90 bits per heavy atom. The fourth-order valence-electron chi connectivity index (χ4n) is 5.71. The first-order chi connectivity index (χ1) is 19.5. The van der Waals surface area contributed by atoms with Crippen molar-refractivity contribution in [3.05, 3.63) is 65.4 Å². The molecule has 3 N–H and O–H groups in total. The number of alkyl halides is 3. The lowest BCUT2D eigenvalue weighted by Crippen LogP contribution is -2.46. The molecule has 1 saturated heterocycles. The average molecular weight is 586 g/mol. The van der Waals surface area contributed by atoms with E-state index in [1.807, 2.05) is 45.0 Å². The number of aromatic nitrogens is 3. The van der Waals surface area contributed by atoms with Crippen molar-refractivity contribution < 1.29 is 27.8 Å². The number of hydrogen-bond acceptors (Lipinski definition) is 9. The topological polar surface area (TPSA) is 101 Å². The molecule has 12 heteroatoms. The van der Waals surface area contributed by atoms with Crippen LogP contribution < -0.4 is 10.6 Å². The molecular weight excluding hydrogens is 555 g/mol. The Hall–Kier alpha value is -3.32. The van der Waals surface area contributed by atoms with Crippen LogP contribution in [0.3, 0.4) is 0 Å². The number of rotatable bonds is 7. The largest absolute Gasteiger partial charge is 0.416 e. The highest BCUT2D eigenvalue weighted by atomic mass is 32.1. The van der Waals surface area contributed by atoms with Gasteiger partial charge in [0.05, 0.1) is 27.0 Å². The van der Waals surface area contributed by atoms with Crippen molar-refractivity contribution in [2.75, 3.05) is 17.2 Å². The second-order valence-corrected chi connectivity index (χ2v) is 12.0. The highest BCUT2D eigenvalue weighted by molar-refractivity contribution is 7.21. The number of halogens is 3. The second-order valence-electron chi connectivity index (χ2n) is 10.9. The number of hydrogen-bond donors (Lipinski definition) is 3. The Bertz CT molecular complexity index is 1560. The molecule has 0 radical (unpaired) electrons. The van der Waals surface area contributed by atoms with Crippen molar-refractivity contribution in [1.82, 2.24) is 15.0 Å². The van der Waals surface area contributed by atoms with Crippen molar-refractivity contribution in [2.24, 2.45) is 5.92 Å². The number of fused-ring (bicyclic) bond motifs is 2. The van der Waals surface area contributed by atoms with Gasteiger partial charge in [0.15, 0.2) is 11.5 Å². The van der Waals surface area contributed by atoms with E-state index in [9.17, 15) is 18.3 Å². The summed E-state index contributed by atoms with van der Waals surface area (Å²) >= 11 is 1.51. The molecule has 3 heterocycles. The number of thiazole rings is 1. The normalized spacial score (nSPS) is 23.6. The number of aliphatic hydroxyl groups excluding tert-OH is 1. The van der Waals surface area contributed by atoms with Crippen LogP contribution in [0.1, 0.15) is 43.5 Å². The summed E-state index contributed by atoms with van der Waals surface area (Å²) in [7, 11) is 0. The lowest BCUT2D eigenvalue weighted by Gasteiger charge is -2.31. The molecule has 0 bridgehead atoms. The van der Waals surface area contributed by atoms with E-state index in [0.29, 0.717) is 35.5 Å². The van der Waals surface area contributed by atoms with Gasteiger partial charge in [0.2, 0.25) is 5.95 Å². The van der Waals surface area contributed by atoms with E-state index in [4.69, 9.17) is 19.4 Å². The molecule has 41 heavy (non-hydrogen) atoms. The summed E-state index contributed by atoms with van der Waals surface area (Å²) in [6.45, 7) is 5.58. The monoisotopic (exact) mass is 585 g/mol. The summed E-state index contributed by atoms with van der Waals surface area (Å²) in [4.78, 5) is 14.3. The number of ether oxygens (including phenoxy) is 2. The molecular formula is C29H30F3N5O3S. The van der Waals surface area contributed by atoms with E-state index in [1.165, 1.54) is 17.4 Å². The fourth-order valence-corrected chi connectivity index (χ4v) is 6.77. The third kappa shape index (κ3) is 5.36. The molecule has 1 aliphatic carbocycles. The zero-order chi connectivity index (χ0) is 29.0. The van der Waals surface area contributed by atoms with Crippen LogP contribution in [0.25, 0.3) is 20.8 Å². The summed E-state index contributed by atoms with van der Waals surface area (Å²) in [5, 5.41) is 17.4. The Morgan fingerprint density at radius 1 is 1.10 bits per heavy atom. The van der Waals surface area contributed by atoms with Crippen LogP contribution in [-0.2, 0) is 22.2 Å². The van der Waals surface area contributed by atoms with Gasteiger partial charge in [-0.25, -0.2) is 9.97 Å². The molecule has 2 aromatic heterocycles. The number of nitrogens with zero attached hydrogens (tertiary/aromatic N) is 3. The van der Waals surface area contributed by atoms with Crippen LogP contribution in [0.15, 0.2) is 48.5 Å². The number of anilines is 2. The van der Waals surface area contributed by atoms with Gasteiger partial charge in [-0.1, -0.05) is 24.3 Å². The third-order valence-corrected chi connectivity index (χ3v) is 8.53. The number of para-hydroxylation sites is 1. The minimum absolute atomic E-state index is 0.0368. The van der Waals surface area contributed by atoms with Crippen molar-refractivity contribution >= 4 is 33.3 Å². The molecule has 0 spiro atoms. The molecule has 4 aromatic rings. The van der Waals surface area contributed by atoms with Gasteiger partial charge in [-0.05, 0) is 63.4 Å². The van der Waals surface area contributed by atoms with E-state index >= 15 is 0 Å². The van der Waals surface area contributed by atoms with Gasteiger partial charge in [0, 0.05) is 19.1 Å². The Labute approximate surface area is 239 Å². The van der Waals surface area contributed by atoms with Gasteiger partial charge in [0.1, 0.15) is 16.9 Å². The van der Waals surface area contributed by atoms with Crippen molar-refractivity contribution in [3.8, 4) is 10.6 Å². The Morgan fingerprint density at radius 3 is 2.66 bits per heavy atom. The maximum atomic E-state index is 13.2. The Balaban J connectivity index is 1.39. The quantitative estimate of drug-likeness (QED) is 0.231. The third-order valence-electron chi connectivity index (χ3n) is 7.48. The second kappa shape index (κ2) is 10.2. The van der Waals surface area contributed by atoms with Gasteiger partial charge in [-0.15, -0.1) is 11.3 Å². The molecule has 1 saturated carbocycles. The van der Waals surface area contributed by atoms with Crippen LogP contribution in [-0.4, -0.2) is 44.3 Å². The molecule has 3 atom stereocenters. The van der Waals surface area contributed by atoms with E-state index in [1.54, 1.807) is 6.07 Å². The predicted molar refractivity (Wildman–Crippen MR) is 150 cm³/mol. The smallest absolute Gasteiger partial charge is 0.396 e. The van der Waals surface area contributed by atoms with Crippen LogP contribution in [0.5, 0.6) is 0 Å². The highest BCUT2D eigenvalue weighted by Crippen LogP contribution is 2.50. The molecule has 6 rings (SSSR count). The molecule has 8 nitrogen and oxygen atoms in total. The highest BCUT2D eigenvalue weighted by Gasteiger charge is 2.60. The van der Waals surface area contributed by atoms with Crippen molar-refractivity contribution in [2.45, 2.75) is 63.9 Å². The van der Waals surface area contributed by atoms with Crippen LogP contribution in [0, 0.1) is 12.8 Å². The molecule has 3 unspecified atom stereocenters. The standard InChI is InChI=1S/C29H30F3N5O3S/c1-16-22(25-35-20-9-4-5-10-21(20)41-25)24(37-28-12-11-18(15-38)23(28)39-27(2,3)40-28)36-26(34-16)33-14-17-7-6-8-19(13-17)29(30,31)32/h4-10,13,18,23,38H,11-12,14-15H2,1-3H3,(H2,33,34,36,37). The summed E-state index contributed by atoms with van der Waals surface area (Å²) < 4.78 is 53.4. The first-order valence-corrected chi connectivity index (χ1v) is 14.2. The SMILES string of the molecule is Cc1nc(NCc2cccc(C(F)(F)F)c2)nc(NC23CCC(CO)C2OC(C)(C)O3)c1-c1nc2ccccc2s1. The molecule has 2 aromatic carbocycles. The number of nitrogens with one attached hydrogen (secondary N) is 2. The van der Waals surface area contributed by atoms with E-state index in [-0.39, 0.29) is 25.0 Å². The Kier molecular flexibility index (Phi) is 6.92. The zero-order valence-corrected chi connectivity index (χ0v) is 23.6. The molecule has 216 valence electrons. The van der Waals surface area contributed by atoms with Gasteiger partial charge in [-0.3, -0.25) is 0 Å². The predicted octanol–water partition coefficient (Wildman–Crippen LogP) is 6.35. The van der Waals surface area contributed by atoms with Gasteiger partial charge in [-0.2, -0.15) is 18.2 Å². The first kappa shape index (κ1) is 27.8. The van der Waals surface area contributed by atoms with Gasteiger partial charge in [0.25, 0.3) is 0 Å². The fraction of sp³-hybridized carbons (Fsp3) is 0.414. The lowest BCUT2D eigenvalue weighted by atomic mass is 10.0. The molecule has 2 fully saturated rings. The maximum Gasteiger partial charge on any atom is 0.416 e. The van der Waals surface area contributed by atoms with E-state index < -0.39 is 29.4 Å². The number of benzene rings is 2. The van der Waals surface area contributed by atoms with Gasteiger partial charge < -0.3 is 25.2 Å². The summed E-state index contributed by atoms with van der Waals surface area (Å²) in [5.41, 5.74) is 0.971. The summed E-state index contributed by atoms with van der Waals surface area (Å²) in [6, 6.07) is 13.0. The minimum Gasteiger partial charge on any atom is -0.396 e. The first-order valence-electron chi connectivity index (χ1n) is 13.4. The van der Waals surface area contributed by atoms with E-state index in [0.717, 1.165) is 27.4 Å². The molecule has 0 amide bonds. The maximum absolute atomic E-state index is 13.2. The van der Waals surface area contributed by atoms with E-state index in [2.05, 4.69) is 15.6 Å². The van der Waals surface area contributed by atoms with Crippen LogP contribution in [0.4, 0.5) is 24.9 Å². The molecule has 2 aliphatic rings.